The fourth-order valence-corrected chi connectivity index (χ4v) is 3.75. The summed E-state index contributed by atoms with van der Waals surface area (Å²) in [7, 11) is 1.64. The molecule has 0 spiro atoms. The molecule has 0 unspecified atom stereocenters. The summed E-state index contributed by atoms with van der Waals surface area (Å²) in [5.74, 6) is 0.0452. The summed E-state index contributed by atoms with van der Waals surface area (Å²) in [5, 5.41) is 4.76. The van der Waals surface area contributed by atoms with Gasteiger partial charge in [0, 0.05) is 11.5 Å². The highest BCUT2D eigenvalue weighted by atomic mass is 79.9. The minimum absolute atomic E-state index is 0.0329. The molecule has 7 heteroatoms. The van der Waals surface area contributed by atoms with Crippen molar-refractivity contribution in [1.82, 2.24) is 4.90 Å². The second-order valence-electron chi connectivity index (χ2n) is 4.50. The minimum Gasteiger partial charge on any atom is -0.336 e. The van der Waals surface area contributed by atoms with Gasteiger partial charge in [-0.2, -0.15) is 0 Å². The first-order valence-electron chi connectivity index (χ1n) is 6.51. The van der Waals surface area contributed by atoms with Crippen LogP contribution in [-0.2, 0) is 9.59 Å². The fourth-order valence-electron chi connectivity index (χ4n) is 1.64. The zero-order chi connectivity index (χ0) is 15.9. The van der Waals surface area contributed by atoms with Gasteiger partial charge in [-0.3, -0.25) is 9.59 Å². The lowest BCUT2D eigenvalue weighted by molar-refractivity contribution is -0.131. The number of hydrogen-bond donors (Lipinski definition) is 1. The van der Waals surface area contributed by atoms with Crippen molar-refractivity contribution in [2.75, 3.05) is 24.7 Å². The quantitative estimate of drug-likeness (QED) is 0.754. The molecule has 1 aromatic heterocycles. The Morgan fingerprint density at radius 1 is 1.27 bits per heavy atom. The normalized spacial score (nSPS) is 10.3. The molecular formula is C15H15BrN2O2S2. The van der Waals surface area contributed by atoms with Gasteiger partial charge >= 0.3 is 0 Å². The van der Waals surface area contributed by atoms with Crippen molar-refractivity contribution in [3.05, 3.63) is 46.3 Å². The van der Waals surface area contributed by atoms with Crippen LogP contribution in [0, 0.1) is 0 Å². The summed E-state index contributed by atoms with van der Waals surface area (Å²) in [6.45, 7) is 0.0329. The van der Waals surface area contributed by atoms with E-state index in [4.69, 9.17) is 0 Å². The molecule has 22 heavy (non-hydrogen) atoms. The van der Waals surface area contributed by atoms with Gasteiger partial charge in [-0.15, -0.1) is 23.1 Å². The minimum atomic E-state index is -0.219. The van der Waals surface area contributed by atoms with E-state index in [2.05, 4.69) is 21.2 Å². The molecule has 0 aliphatic rings. The SMILES string of the molecule is CN(CC(=O)Nc1ccccc1Br)C(=O)CSc1cccs1. The van der Waals surface area contributed by atoms with Crippen LogP contribution in [0.25, 0.3) is 0 Å². The van der Waals surface area contributed by atoms with Crippen LogP contribution in [0.1, 0.15) is 0 Å². The second kappa shape index (κ2) is 8.36. The Morgan fingerprint density at radius 2 is 2.05 bits per heavy atom. The van der Waals surface area contributed by atoms with Gasteiger partial charge in [-0.05, 0) is 39.5 Å². The number of rotatable bonds is 6. The van der Waals surface area contributed by atoms with E-state index >= 15 is 0 Å². The number of nitrogens with one attached hydrogen (secondary N) is 1. The zero-order valence-corrected chi connectivity index (χ0v) is 15.1. The van der Waals surface area contributed by atoms with E-state index in [0.717, 1.165) is 8.68 Å². The number of carbonyl (C=O) groups is 2. The van der Waals surface area contributed by atoms with E-state index in [9.17, 15) is 9.59 Å². The summed E-state index contributed by atoms with van der Waals surface area (Å²) in [6.07, 6.45) is 0. The number of halogens is 1. The predicted octanol–water partition coefficient (Wildman–Crippen LogP) is 3.70. The summed E-state index contributed by atoms with van der Waals surface area (Å²) in [6, 6.07) is 11.3. The highest BCUT2D eigenvalue weighted by molar-refractivity contribution is 9.10. The number of benzene rings is 1. The van der Waals surface area contributed by atoms with Gasteiger partial charge in [0.15, 0.2) is 0 Å². The monoisotopic (exact) mass is 398 g/mol. The maximum Gasteiger partial charge on any atom is 0.244 e. The van der Waals surface area contributed by atoms with Gasteiger partial charge in [-0.1, -0.05) is 18.2 Å². The lowest BCUT2D eigenvalue weighted by Crippen LogP contribution is -2.35. The van der Waals surface area contributed by atoms with Gasteiger partial charge < -0.3 is 10.2 Å². The molecule has 2 aromatic rings. The highest BCUT2D eigenvalue weighted by Crippen LogP contribution is 2.23. The second-order valence-corrected chi connectivity index (χ2v) is 7.58. The Balaban J connectivity index is 1.80. The molecule has 4 nitrogen and oxygen atoms in total. The van der Waals surface area contributed by atoms with Crippen molar-refractivity contribution >= 4 is 56.5 Å². The Bertz CT molecular complexity index is 647. The summed E-state index contributed by atoms with van der Waals surface area (Å²) < 4.78 is 1.91. The number of thiophene rings is 1. The van der Waals surface area contributed by atoms with Crippen LogP contribution in [0.5, 0.6) is 0 Å². The van der Waals surface area contributed by atoms with E-state index < -0.39 is 0 Å². The molecule has 1 aromatic carbocycles. The van der Waals surface area contributed by atoms with Crippen LogP contribution in [-0.4, -0.2) is 36.1 Å². The van der Waals surface area contributed by atoms with Crippen LogP contribution in [0.4, 0.5) is 5.69 Å². The Labute approximate surface area is 146 Å². The summed E-state index contributed by atoms with van der Waals surface area (Å²) >= 11 is 6.46. The van der Waals surface area contributed by atoms with E-state index in [1.165, 1.54) is 16.7 Å². The average molecular weight is 399 g/mol. The van der Waals surface area contributed by atoms with Crippen LogP contribution in [0.3, 0.4) is 0 Å². The number of likely N-dealkylation sites (N-methyl/N-ethyl adjacent to an activating group) is 1. The largest absolute Gasteiger partial charge is 0.336 e. The third kappa shape index (κ3) is 5.15. The molecule has 1 heterocycles. The van der Waals surface area contributed by atoms with E-state index in [1.54, 1.807) is 24.5 Å². The Morgan fingerprint density at radius 3 is 2.73 bits per heavy atom. The lowest BCUT2D eigenvalue weighted by Gasteiger charge is -2.16. The molecule has 2 rings (SSSR count). The van der Waals surface area contributed by atoms with E-state index in [1.807, 2.05) is 35.7 Å². The third-order valence-corrected chi connectivity index (χ3v) is 5.59. The van der Waals surface area contributed by atoms with Crippen molar-refractivity contribution in [3.8, 4) is 0 Å². The maximum absolute atomic E-state index is 12.0. The number of carbonyl (C=O) groups excluding carboxylic acids is 2. The standard InChI is InChI=1S/C15H15BrN2O2S2/c1-18(14(20)10-22-15-7-4-8-21-15)9-13(19)17-12-6-3-2-5-11(12)16/h2-8H,9-10H2,1H3,(H,17,19). The predicted molar refractivity (Wildman–Crippen MR) is 95.5 cm³/mol. The number of anilines is 1. The third-order valence-electron chi connectivity index (χ3n) is 2.79. The van der Waals surface area contributed by atoms with Crippen molar-refractivity contribution in [1.29, 1.82) is 0 Å². The van der Waals surface area contributed by atoms with Gasteiger partial charge in [0.25, 0.3) is 0 Å². The first-order chi connectivity index (χ1) is 10.6. The van der Waals surface area contributed by atoms with Gasteiger partial charge in [0.2, 0.25) is 11.8 Å². The van der Waals surface area contributed by atoms with Gasteiger partial charge in [0.1, 0.15) is 0 Å². The highest BCUT2D eigenvalue weighted by Gasteiger charge is 2.14. The smallest absolute Gasteiger partial charge is 0.244 e. The number of para-hydroxylation sites is 1. The Kier molecular flexibility index (Phi) is 6.48. The number of nitrogens with zero attached hydrogens (tertiary/aromatic N) is 1. The van der Waals surface area contributed by atoms with Crippen LogP contribution >= 0.6 is 39.0 Å². The first-order valence-corrected chi connectivity index (χ1v) is 9.16. The number of thioether (sulfide) groups is 1. The lowest BCUT2D eigenvalue weighted by atomic mass is 10.3. The van der Waals surface area contributed by atoms with Gasteiger partial charge in [-0.25, -0.2) is 0 Å². The van der Waals surface area contributed by atoms with E-state index in [-0.39, 0.29) is 18.4 Å². The molecule has 0 fully saturated rings. The molecule has 0 saturated carbocycles. The van der Waals surface area contributed by atoms with Crippen molar-refractivity contribution in [3.63, 3.8) is 0 Å². The molecular weight excluding hydrogens is 384 g/mol. The van der Waals surface area contributed by atoms with Crippen molar-refractivity contribution < 1.29 is 9.59 Å². The van der Waals surface area contributed by atoms with E-state index in [0.29, 0.717) is 11.4 Å². The summed E-state index contributed by atoms with van der Waals surface area (Å²) in [5.41, 5.74) is 0.696. The molecule has 0 radical (unpaired) electrons. The maximum atomic E-state index is 12.0. The van der Waals surface area contributed by atoms with Crippen LogP contribution < -0.4 is 5.32 Å². The first kappa shape index (κ1) is 17.1. The topological polar surface area (TPSA) is 49.4 Å². The Hall–Kier alpha value is -1.31. The van der Waals surface area contributed by atoms with Crippen molar-refractivity contribution in [2.45, 2.75) is 4.21 Å². The molecule has 1 N–H and O–H groups in total. The fraction of sp³-hybridized carbons (Fsp3) is 0.200. The molecule has 0 bridgehead atoms. The number of hydrogen-bond acceptors (Lipinski definition) is 4. The molecule has 0 aliphatic carbocycles. The van der Waals surface area contributed by atoms with Crippen molar-refractivity contribution in [2.24, 2.45) is 0 Å². The summed E-state index contributed by atoms with van der Waals surface area (Å²) in [4.78, 5) is 25.4. The van der Waals surface area contributed by atoms with Crippen LogP contribution in [0.2, 0.25) is 0 Å². The average Bonchev–Trinajstić information content (AvgIpc) is 3.00. The molecule has 116 valence electrons. The molecule has 0 atom stereocenters. The molecule has 0 saturated heterocycles. The van der Waals surface area contributed by atoms with Crippen LogP contribution in [0.15, 0.2) is 50.5 Å². The zero-order valence-electron chi connectivity index (χ0n) is 11.9. The van der Waals surface area contributed by atoms with Gasteiger partial charge in [0.05, 0.1) is 22.2 Å². The number of amides is 2. The molecule has 2 amide bonds. The molecule has 0 aliphatic heterocycles.